The molecule has 3 heteroatoms. The van der Waals surface area contributed by atoms with Crippen LogP contribution in [0.4, 0.5) is 0 Å². The van der Waals surface area contributed by atoms with Crippen molar-refractivity contribution in [2.24, 2.45) is 5.89 Å². The van der Waals surface area contributed by atoms with E-state index >= 15 is 0 Å². The van der Waals surface area contributed by atoms with E-state index in [-0.39, 0.29) is 5.91 Å². The van der Waals surface area contributed by atoms with Gasteiger partial charge in [0.05, 0.1) is 8.30 Å². The number of amides is 1. The normalized spacial score (nSPS) is 29.3. The molecule has 2 unspecified atom stereocenters. The van der Waals surface area contributed by atoms with E-state index in [1.807, 2.05) is 6.07 Å². The van der Waals surface area contributed by atoms with Gasteiger partial charge >= 0.3 is 0 Å². The van der Waals surface area contributed by atoms with Crippen molar-refractivity contribution in [3.63, 3.8) is 0 Å². The van der Waals surface area contributed by atoms with Crippen LogP contribution in [0.5, 0.6) is 0 Å². The molecule has 0 saturated heterocycles. The van der Waals surface area contributed by atoms with Gasteiger partial charge in [-0.1, -0.05) is 37.5 Å². The molecule has 1 fully saturated rings. The third-order valence-electron chi connectivity index (χ3n) is 3.90. The number of aromatic nitrogens is 1. The Balaban J connectivity index is 2.19. The smallest absolute Gasteiger partial charge is 0.255 e. The van der Waals surface area contributed by atoms with Crippen LogP contribution in [0.1, 0.15) is 47.9 Å². The maximum atomic E-state index is 12.5. The van der Waals surface area contributed by atoms with Crippen LogP contribution in [0.2, 0.25) is 0 Å². The van der Waals surface area contributed by atoms with Crippen molar-refractivity contribution in [1.82, 2.24) is 9.47 Å². The molecule has 1 amide bonds. The van der Waals surface area contributed by atoms with Crippen molar-refractivity contribution >= 4 is 16.8 Å². The van der Waals surface area contributed by atoms with E-state index in [4.69, 9.17) is 5.48 Å². The largest absolute Gasteiger partial charge is 0.346 e. The van der Waals surface area contributed by atoms with Gasteiger partial charge in [0.25, 0.3) is 5.91 Å². The third kappa shape index (κ3) is 2.82. The second kappa shape index (κ2) is 5.92. The molecule has 1 heterocycles. The lowest BCUT2D eigenvalue weighted by Crippen LogP contribution is -2.21. The van der Waals surface area contributed by atoms with Crippen LogP contribution in [-0.2, 0) is 6.50 Å². The molecule has 1 aromatic carbocycles. The molecule has 1 aliphatic carbocycles. The predicted octanol–water partition coefficient (Wildman–Crippen LogP) is 3.92. The Kier molecular flexibility index (Phi) is 2.83. The molecule has 1 aromatic heterocycles. The molecule has 112 valence electrons. The number of rotatable bonds is 3. The fraction of sp³-hybridized carbons (Fsp3) is 0.500. The van der Waals surface area contributed by atoms with Gasteiger partial charge in [-0.05, 0) is 24.8 Å². The summed E-state index contributed by atoms with van der Waals surface area (Å²) in [6, 6.07) is 7.19. The summed E-state index contributed by atoms with van der Waals surface area (Å²) in [5.41, 5.74) is 1.01. The van der Waals surface area contributed by atoms with Gasteiger partial charge in [0, 0.05) is 40.4 Å². The molecule has 3 nitrogen and oxygen atoms in total. The number of carbonyl (C=O) groups is 1. The summed E-state index contributed by atoms with van der Waals surface area (Å²) in [6.45, 7) is -2.08. The topological polar surface area (TPSA) is 25.2 Å². The van der Waals surface area contributed by atoms with E-state index < -0.39 is 18.8 Å². The van der Waals surface area contributed by atoms with Crippen molar-refractivity contribution in [3.05, 3.63) is 36.0 Å². The Morgan fingerprint density at radius 3 is 3.00 bits per heavy atom. The van der Waals surface area contributed by atoms with Gasteiger partial charge in [-0.2, -0.15) is 0 Å². The summed E-state index contributed by atoms with van der Waals surface area (Å²) in [5, 5.41) is 0.672. The van der Waals surface area contributed by atoms with Crippen LogP contribution < -0.4 is 0 Å². The molecule has 0 N–H and O–H groups in total. The van der Waals surface area contributed by atoms with Crippen LogP contribution in [0.25, 0.3) is 10.9 Å². The summed E-state index contributed by atoms with van der Waals surface area (Å²) >= 11 is 0. The van der Waals surface area contributed by atoms with E-state index in [0.717, 1.165) is 12.8 Å². The highest BCUT2D eigenvalue weighted by Crippen LogP contribution is 2.28. The molecule has 1 aliphatic rings. The first-order chi connectivity index (χ1) is 11.7. The zero-order valence-electron chi connectivity index (χ0n) is 16.6. The average Bonchev–Trinajstić information content (AvgIpc) is 2.97. The van der Waals surface area contributed by atoms with Crippen molar-refractivity contribution in [1.29, 1.82) is 0 Å². The van der Waals surface area contributed by atoms with Gasteiger partial charge in [-0.3, -0.25) is 4.79 Å². The summed E-state index contributed by atoms with van der Waals surface area (Å²) in [5.74, 6) is -1.73. The van der Waals surface area contributed by atoms with Crippen molar-refractivity contribution in [2.45, 2.75) is 38.6 Å². The van der Waals surface area contributed by atoms with Gasteiger partial charge in [-0.25, -0.2) is 0 Å². The number of carbonyl (C=O) groups excluding carboxylic acids is 1. The lowest BCUT2D eigenvalue weighted by Gasteiger charge is -2.22. The zero-order valence-corrected chi connectivity index (χ0v) is 12.6. The fourth-order valence-corrected chi connectivity index (χ4v) is 2.78. The highest BCUT2D eigenvalue weighted by molar-refractivity contribution is 6.06. The monoisotopic (exact) mass is 292 g/mol. The molecule has 21 heavy (non-hydrogen) atoms. The number of benzene rings is 1. The number of fused-ring (bicyclic) bond motifs is 1. The molecule has 2 aromatic rings. The minimum Gasteiger partial charge on any atom is -0.346 e. The molecule has 0 spiro atoms. The quantitative estimate of drug-likeness (QED) is 0.841. The Morgan fingerprint density at radius 2 is 2.24 bits per heavy atom. The second-order valence-electron chi connectivity index (χ2n) is 5.72. The van der Waals surface area contributed by atoms with Crippen LogP contribution in [0.15, 0.2) is 30.5 Å². The highest BCUT2D eigenvalue weighted by atomic mass is 16.2. The first kappa shape index (κ1) is 10.0. The van der Waals surface area contributed by atoms with E-state index in [2.05, 4.69) is 0 Å². The maximum Gasteiger partial charge on any atom is 0.255 e. The molecular weight excluding hydrogens is 260 g/mol. The molecule has 0 radical (unpaired) electrons. The van der Waals surface area contributed by atoms with Gasteiger partial charge in [-0.15, -0.1) is 0 Å². The van der Waals surface area contributed by atoms with Gasteiger partial charge < -0.3 is 9.47 Å². The van der Waals surface area contributed by atoms with Crippen LogP contribution in [-0.4, -0.2) is 29.5 Å². The van der Waals surface area contributed by atoms with Gasteiger partial charge in [0.15, 0.2) is 0 Å². The average molecular weight is 292 g/mol. The molecule has 2 atom stereocenters. The lowest BCUT2D eigenvalue weighted by molar-refractivity contribution is 0.0829. The molecule has 1 saturated carbocycles. The van der Waals surface area contributed by atoms with Crippen molar-refractivity contribution in [3.8, 4) is 0 Å². The first-order valence-corrected chi connectivity index (χ1v) is 7.44. The van der Waals surface area contributed by atoms with Crippen molar-refractivity contribution in [2.75, 3.05) is 14.1 Å². The minimum atomic E-state index is -2.08. The number of hydrogen-bond acceptors (Lipinski definition) is 1. The summed E-state index contributed by atoms with van der Waals surface area (Å²) in [4.78, 5) is 14.0. The first-order valence-electron chi connectivity index (χ1n) is 9.52. The van der Waals surface area contributed by atoms with Crippen LogP contribution in [0.3, 0.4) is 0 Å². The van der Waals surface area contributed by atoms with Crippen LogP contribution >= 0.6 is 0 Å². The molecule has 0 bridgehead atoms. The van der Waals surface area contributed by atoms with Gasteiger partial charge in [0.1, 0.15) is 0 Å². The number of para-hydroxylation sites is 1. The van der Waals surface area contributed by atoms with E-state index in [1.165, 1.54) is 15.7 Å². The summed E-state index contributed by atoms with van der Waals surface area (Å²) < 4.78 is 35.9. The summed E-state index contributed by atoms with van der Waals surface area (Å²) in [7, 11) is 3.33. The molecule has 0 aliphatic heterocycles. The Morgan fingerprint density at radius 1 is 1.43 bits per heavy atom. The zero-order chi connectivity index (χ0) is 18.4. The lowest BCUT2D eigenvalue weighted by atomic mass is 9.89. The molecule has 3 rings (SSSR count). The predicted molar refractivity (Wildman–Crippen MR) is 86.5 cm³/mol. The number of hydrogen-bond donors (Lipinski definition) is 0. The summed E-state index contributed by atoms with van der Waals surface area (Å²) in [6.07, 6.45) is 3.22. The second-order valence-corrected chi connectivity index (χ2v) is 5.72. The fourth-order valence-electron chi connectivity index (χ4n) is 2.78. The van der Waals surface area contributed by atoms with Gasteiger partial charge in [0.2, 0.25) is 0 Å². The van der Waals surface area contributed by atoms with E-state index in [9.17, 15) is 4.79 Å². The van der Waals surface area contributed by atoms with E-state index in [1.54, 1.807) is 32.3 Å². The Labute approximate surface area is 132 Å². The highest BCUT2D eigenvalue weighted by Gasteiger charge is 2.19. The van der Waals surface area contributed by atoms with Crippen molar-refractivity contribution < 1.29 is 10.3 Å². The maximum absolute atomic E-state index is 12.5. The Hall–Kier alpha value is -1.77. The standard InChI is InChI=1S/C18H24N2O/c1-19(2)18(21)16-13-20(12-14-8-4-3-5-9-14)17-11-7-6-10-15(16)17/h6-7,10-11,13-14H,3-5,8-9,12H2,1-2H3/i8T,12T2,14T. The molecular formula is C18H24N2O. The third-order valence-corrected chi connectivity index (χ3v) is 3.90. The van der Waals surface area contributed by atoms with Crippen LogP contribution in [0, 0.1) is 5.89 Å². The van der Waals surface area contributed by atoms with E-state index in [0.29, 0.717) is 29.3 Å². The Bertz CT molecular complexity index is 801. The number of nitrogens with zero attached hydrogens (tertiary/aromatic N) is 2. The SMILES string of the molecule is [3H]C1CCCCC1([3H])C([3H])([3H])n1cc(C(=O)N(C)C)c2ccccc21. The minimum absolute atomic E-state index is 0.198.